The first-order valence-corrected chi connectivity index (χ1v) is 14.4. The van der Waals surface area contributed by atoms with Crippen LogP contribution in [0.5, 0.6) is 11.5 Å². The smallest absolute Gasteiger partial charge is 0.262 e. The number of anilines is 1. The van der Waals surface area contributed by atoms with Gasteiger partial charge in [-0.25, -0.2) is 13.4 Å². The van der Waals surface area contributed by atoms with Crippen molar-refractivity contribution in [1.82, 2.24) is 0 Å². The average Bonchev–Trinajstić information content (AvgIpc) is 3.42. The standard InChI is InChI=1S/C27H22Cl2N2O4S.C2H5F/c1-16-9-10-17(2)25-21(16)5-3-7-23(25)35-24-8-4-6-22(27-30-11-12-34-27)26(24)31-36(32,33)20-14-18(28)13-19(29)15-20;1-2-3/h3-10,13-15,31H,11-12H2,1-2H3;2H2,1H3. The molecule has 1 heterocycles. The minimum Gasteiger partial charge on any atom is -0.475 e. The van der Waals surface area contributed by atoms with Gasteiger partial charge in [-0.05, 0) is 73.7 Å². The van der Waals surface area contributed by atoms with Gasteiger partial charge < -0.3 is 9.47 Å². The molecule has 39 heavy (non-hydrogen) atoms. The lowest BCUT2D eigenvalue weighted by atomic mass is 10.0. The zero-order chi connectivity index (χ0) is 28.2. The van der Waals surface area contributed by atoms with Gasteiger partial charge in [-0.15, -0.1) is 0 Å². The molecule has 0 bridgehead atoms. The van der Waals surface area contributed by atoms with Crippen LogP contribution in [0.25, 0.3) is 10.8 Å². The Bertz CT molecular complexity index is 1640. The summed E-state index contributed by atoms with van der Waals surface area (Å²) in [5, 5.41) is 2.42. The number of para-hydroxylation sites is 1. The van der Waals surface area contributed by atoms with Crippen molar-refractivity contribution in [3.8, 4) is 11.5 Å². The Morgan fingerprint density at radius 2 is 1.62 bits per heavy atom. The van der Waals surface area contributed by atoms with Crippen molar-refractivity contribution in [3.05, 3.63) is 93.5 Å². The molecule has 0 fully saturated rings. The molecule has 1 aliphatic rings. The maximum absolute atomic E-state index is 13.4. The molecule has 0 aliphatic carbocycles. The molecule has 1 aliphatic heterocycles. The zero-order valence-corrected chi connectivity index (χ0v) is 23.9. The maximum atomic E-state index is 13.4. The molecule has 4 aromatic carbocycles. The van der Waals surface area contributed by atoms with Gasteiger partial charge >= 0.3 is 0 Å². The van der Waals surface area contributed by atoms with E-state index in [0.29, 0.717) is 36.1 Å². The molecule has 6 nitrogen and oxygen atoms in total. The second-order valence-electron chi connectivity index (χ2n) is 8.67. The summed E-state index contributed by atoms with van der Waals surface area (Å²) in [5.74, 6) is 1.24. The molecule has 1 N–H and O–H groups in total. The van der Waals surface area contributed by atoms with Gasteiger partial charge in [0.1, 0.15) is 18.0 Å². The summed E-state index contributed by atoms with van der Waals surface area (Å²) < 4.78 is 51.9. The maximum Gasteiger partial charge on any atom is 0.262 e. The normalized spacial score (nSPS) is 12.8. The van der Waals surface area contributed by atoms with Gasteiger partial charge in [-0.3, -0.25) is 9.11 Å². The number of hydrogen-bond acceptors (Lipinski definition) is 5. The van der Waals surface area contributed by atoms with Crippen molar-refractivity contribution in [2.24, 2.45) is 4.99 Å². The molecule has 0 radical (unpaired) electrons. The number of nitrogens with one attached hydrogen (secondary N) is 1. The number of rotatable bonds is 6. The number of alkyl halides is 1. The van der Waals surface area contributed by atoms with Gasteiger partial charge in [0.15, 0.2) is 5.75 Å². The molecule has 0 atom stereocenters. The van der Waals surface area contributed by atoms with Crippen LogP contribution >= 0.6 is 23.2 Å². The van der Waals surface area contributed by atoms with Crippen molar-refractivity contribution in [3.63, 3.8) is 0 Å². The minimum atomic E-state index is -4.09. The molecule has 0 aromatic heterocycles. The Morgan fingerprint density at radius 3 is 2.28 bits per heavy atom. The lowest BCUT2D eigenvalue weighted by Crippen LogP contribution is -2.17. The second kappa shape index (κ2) is 12.2. The van der Waals surface area contributed by atoms with Gasteiger partial charge in [0.2, 0.25) is 5.90 Å². The van der Waals surface area contributed by atoms with E-state index in [0.717, 1.165) is 21.9 Å². The van der Waals surface area contributed by atoms with Crippen LogP contribution in [-0.4, -0.2) is 34.1 Å². The van der Waals surface area contributed by atoms with Gasteiger partial charge in [0.25, 0.3) is 10.0 Å². The molecule has 0 spiro atoms. The van der Waals surface area contributed by atoms with Gasteiger partial charge in [0, 0.05) is 15.4 Å². The van der Waals surface area contributed by atoms with Crippen molar-refractivity contribution < 1.29 is 22.3 Å². The van der Waals surface area contributed by atoms with Crippen LogP contribution in [0.3, 0.4) is 0 Å². The molecule has 0 saturated heterocycles. The van der Waals surface area contributed by atoms with E-state index in [1.807, 2.05) is 38.1 Å². The average molecular weight is 590 g/mol. The molecule has 4 aromatic rings. The lowest BCUT2D eigenvalue weighted by molar-refractivity contribution is 0.348. The molecule has 204 valence electrons. The SMILES string of the molecule is CCF.Cc1ccc(C)c2c(Oc3cccc(C4=NCCO4)c3NS(=O)(=O)c3cc(Cl)cc(Cl)c3)cccc12. The molecule has 0 saturated carbocycles. The minimum absolute atomic E-state index is 0.0772. The Morgan fingerprint density at radius 1 is 0.974 bits per heavy atom. The van der Waals surface area contributed by atoms with E-state index in [2.05, 4.69) is 15.8 Å². The summed E-state index contributed by atoms with van der Waals surface area (Å²) in [6.45, 7) is 6.16. The third kappa shape index (κ3) is 6.46. The van der Waals surface area contributed by atoms with Crippen molar-refractivity contribution in [2.45, 2.75) is 25.7 Å². The van der Waals surface area contributed by atoms with Crippen LogP contribution in [0.1, 0.15) is 23.6 Å². The van der Waals surface area contributed by atoms with Crippen LogP contribution < -0.4 is 9.46 Å². The largest absolute Gasteiger partial charge is 0.475 e. The van der Waals surface area contributed by atoms with Crippen LogP contribution in [0, 0.1) is 13.8 Å². The predicted octanol–water partition coefficient (Wildman–Crippen LogP) is 8.11. The summed E-state index contributed by atoms with van der Waals surface area (Å²) in [4.78, 5) is 4.31. The van der Waals surface area contributed by atoms with Crippen molar-refractivity contribution >= 4 is 55.6 Å². The van der Waals surface area contributed by atoms with Crippen LogP contribution in [0.15, 0.2) is 76.6 Å². The first-order valence-electron chi connectivity index (χ1n) is 12.2. The molecule has 10 heteroatoms. The van der Waals surface area contributed by atoms with E-state index in [-0.39, 0.29) is 27.3 Å². The van der Waals surface area contributed by atoms with Crippen molar-refractivity contribution in [2.75, 3.05) is 24.5 Å². The first-order chi connectivity index (χ1) is 18.6. The first kappa shape index (κ1) is 28.7. The van der Waals surface area contributed by atoms with Gasteiger partial charge in [0.05, 0.1) is 23.7 Å². The fourth-order valence-electron chi connectivity index (χ4n) is 4.17. The fraction of sp³-hybridized carbons (Fsp3) is 0.207. The number of aliphatic imine (C=N–C) groups is 1. The summed E-state index contributed by atoms with van der Waals surface area (Å²) in [5.41, 5.74) is 2.83. The van der Waals surface area contributed by atoms with Gasteiger partial charge in [-0.1, -0.05) is 53.5 Å². The van der Waals surface area contributed by atoms with Gasteiger partial charge in [-0.2, -0.15) is 0 Å². The predicted molar refractivity (Wildman–Crippen MR) is 156 cm³/mol. The number of halogens is 3. The third-order valence-electron chi connectivity index (χ3n) is 5.87. The van der Waals surface area contributed by atoms with E-state index in [1.54, 1.807) is 18.2 Å². The summed E-state index contributed by atoms with van der Waals surface area (Å²) in [6.07, 6.45) is 0. The number of nitrogens with zero attached hydrogens (tertiary/aromatic N) is 1. The van der Waals surface area contributed by atoms with Crippen LogP contribution in [-0.2, 0) is 14.8 Å². The molecular formula is C29H27Cl2FN2O4S. The highest BCUT2D eigenvalue weighted by Gasteiger charge is 2.25. The monoisotopic (exact) mass is 588 g/mol. The topological polar surface area (TPSA) is 77.0 Å². The lowest BCUT2D eigenvalue weighted by Gasteiger charge is -2.19. The summed E-state index contributed by atoms with van der Waals surface area (Å²) in [7, 11) is -4.09. The highest BCUT2D eigenvalue weighted by molar-refractivity contribution is 7.92. The second-order valence-corrected chi connectivity index (χ2v) is 11.2. The number of aryl methyl sites for hydroxylation is 2. The molecule has 5 rings (SSSR count). The number of hydrogen-bond donors (Lipinski definition) is 1. The van der Waals surface area contributed by atoms with E-state index >= 15 is 0 Å². The molecule has 0 unspecified atom stereocenters. The fourth-order valence-corrected chi connectivity index (χ4v) is 5.98. The van der Waals surface area contributed by atoms with Crippen molar-refractivity contribution in [1.29, 1.82) is 0 Å². The van der Waals surface area contributed by atoms with Crippen LogP contribution in [0.4, 0.5) is 10.1 Å². The number of fused-ring (bicyclic) bond motifs is 1. The van der Waals surface area contributed by atoms with Crippen LogP contribution in [0.2, 0.25) is 10.0 Å². The van der Waals surface area contributed by atoms with E-state index in [4.69, 9.17) is 32.7 Å². The van der Waals surface area contributed by atoms with E-state index in [9.17, 15) is 12.8 Å². The quantitative estimate of drug-likeness (QED) is 0.247. The third-order valence-corrected chi connectivity index (χ3v) is 7.64. The summed E-state index contributed by atoms with van der Waals surface area (Å²) in [6, 6.07) is 19.2. The Balaban J connectivity index is 0.00000112. The number of sulfonamides is 1. The highest BCUT2D eigenvalue weighted by atomic mass is 35.5. The van der Waals surface area contributed by atoms with E-state index in [1.165, 1.54) is 25.1 Å². The summed E-state index contributed by atoms with van der Waals surface area (Å²) >= 11 is 12.2. The Hall–Kier alpha value is -3.33. The number of benzene rings is 4. The molecule has 0 amide bonds. The Kier molecular flexibility index (Phi) is 9.00. The molecular weight excluding hydrogens is 562 g/mol. The zero-order valence-electron chi connectivity index (χ0n) is 21.6. The number of ether oxygens (including phenoxy) is 2. The van der Waals surface area contributed by atoms with E-state index < -0.39 is 10.0 Å². The Labute approximate surface area is 237 Å². The highest BCUT2D eigenvalue weighted by Crippen LogP contribution is 2.39.